The summed E-state index contributed by atoms with van der Waals surface area (Å²) in [6.45, 7) is 11.3. The summed E-state index contributed by atoms with van der Waals surface area (Å²) in [6, 6.07) is 16.9. The van der Waals surface area contributed by atoms with Crippen molar-refractivity contribution in [1.82, 2.24) is 10.2 Å². The fourth-order valence-corrected chi connectivity index (χ4v) is 4.39. The van der Waals surface area contributed by atoms with Crippen molar-refractivity contribution in [2.75, 3.05) is 11.9 Å². The van der Waals surface area contributed by atoms with Crippen molar-refractivity contribution in [3.63, 3.8) is 0 Å². The normalized spacial score (nSPS) is 12.5. The molecule has 0 radical (unpaired) electrons. The molecule has 176 valence electrons. The Bertz CT molecular complexity index is 997. The van der Waals surface area contributed by atoms with Gasteiger partial charge in [0.2, 0.25) is 11.0 Å². The van der Waals surface area contributed by atoms with Crippen LogP contribution < -0.4 is 10.1 Å². The monoisotopic (exact) mass is 465 g/mol. The largest absolute Gasteiger partial charge is 0.494 e. The molecule has 2 aromatic carbocycles. The third kappa shape index (κ3) is 6.64. The number of anilines is 1. The second-order valence-electron chi connectivity index (χ2n) is 9.45. The van der Waals surface area contributed by atoms with E-state index in [0.29, 0.717) is 11.0 Å². The number of benzene rings is 2. The summed E-state index contributed by atoms with van der Waals surface area (Å²) >= 11 is 1.33. The lowest BCUT2D eigenvalue weighted by Gasteiger charge is -2.34. The smallest absolute Gasteiger partial charge is 0.232 e. The Morgan fingerprint density at radius 2 is 1.70 bits per heavy atom. The Hall–Kier alpha value is -2.73. The van der Waals surface area contributed by atoms with E-state index in [-0.39, 0.29) is 11.8 Å². The van der Waals surface area contributed by atoms with E-state index in [0.717, 1.165) is 42.7 Å². The lowest BCUT2D eigenvalue weighted by Crippen LogP contribution is -2.37. The van der Waals surface area contributed by atoms with Crippen LogP contribution in [0.5, 0.6) is 5.75 Å². The van der Waals surface area contributed by atoms with E-state index in [1.165, 1.54) is 16.9 Å². The molecule has 1 aromatic heterocycles. The molecule has 0 saturated heterocycles. The van der Waals surface area contributed by atoms with Crippen LogP contribution in [0, 0.1) is 11.3 Å². The molecule has 0 aliphatic carbocycles. The Morgan fingerprint density at radius 1 is 1.06 bits per heavy atom. The van der Waals surface area contributed by atoms with Crippen LogP contribution in [0.1, 0.15) is 65.4 Å². The first-order chi connectivity index (χ1) is 15.8. The summed E-state index contributed by atoms with van der Waals surface area (Å²) in [5, 5.41) is 11.3. The van der Waals surface area contributed by atoms with Gasteiger partial charge in [-0.2, -0.15) is 0 Å². The van der Waals surface area contributed by atoms with Crippen LogP contribution >= 0.6 is 11.3 Å². The summed E-state index contributed by atoms with van der Waals surface area (Å²) in [5.74, 6) is 1.41. The molecule has 1 heterocycles. The molecule has 5 nitrogen and oxygen atoms in total. The number of hydrogen-bond donors (Lipinski definition) is 1. The average Bonchev–Trinajstić information content (AvgIpc) is 3.31. The topological polar surface area (TPSA) is 64.1 Å². The molecular weight excluding hydrogens is 430 g/mol. The van der Waals surface area contributed by atoms with E-state index >= 15 is 0 Å². The van der Waals surface area contributed by atoms with Crippen molar-refractivity contribution in [2.45, 2.75) is 59.8 Å². The number of nitrogens with zero attached hydrogens (tertiary/aromatic N) is 2. The van der Waals surface area contributed by atoms with Gasteiger partial charge in [-0.05, 0) is 53.5 Å². The molecule has 33 heavy (non-hydrogen) atoms. The minimum absolute atomic E-state index is 0.0346. The van der Waals surface area contributed by atoms with E-state index < -0.39 is 5.41 Å². The Balaban J connectivity index is 1.77. The van der Waals surface area contributed by atoms with Gasteiger partial charge >= 0.3 is 0 Å². The fourth-order valence-electron chi connectivity index (χ4n) is 3.95. The number of nitrogens with one attached hydrogen (secondary N) is 1. The van der Waals surface area contributed by atoms with Crippen LogP contribution in [0.25, 0.3) is 11.1 Å². The SMILES string of the molecule is CCCCOc1ccc(-c2ccc(C(CC(C)C)C(C)(C)C(=O)Nc3nncs3)cc2)cc1. The van der Waals surface area contributed by atoms with E-state index in [1.807, 2.05) is 26.0 Å². The number of unbranched alkanes of at least 4 members (excludes halogenated alkanes) is 1. The highest BCUT2D eigenvalue weighted by molar-refractivity contribution is 7.13. The fraction of sp³-hybridized carbons (Fsp3) is 0.444. The second kappa shape index (κ2) is 11.4. The van der Waals surface area contributed by atoms with E-state index in [1.54, 1.807) is 5.51 Å². The number of amides is 1. The van der Waals surface area contributed by atoms with E-state index in [2.05, 4.69) is 72.7 Å². The van der Waals surface area contributed by atoms with Gasteiger partial charge < -0.3 is 10.1 Å². The first-order valence-corrected chi connectivity index (χ1v) is 12.6. The zero-order valence-electron chi connectivity index (χ0n) is 20.3. The quantitative estimate of drug-likeness (QED) is 0.305. The van der Waals surface area contributed by atoms with Gasteiger partial charge in [0.05, 0.1) is 12.0 Å². The molecule has 0 aliphatic rings. The minimum Gasteiger partial charge on any atom is -0.494 e. The minimum atomic E-state index is -0.602. The Kier molecular flexibility index (Phi) is 8.61. The van der Waals surface area contributed by atoms with Crippen molar-refractivity contribution in [3.05, 3.63) is 59.6 Å². The highest BCUT2D eigenvalue weighted by Crippen LogP contribution is 2.41. The molecule has 1 amide bonds. The molecule has 3 rings (SSSR count). The molecule has 6 heteroatoms. The predicted molar refractivity (Wildman–Crippen MR) is 137 cm³/mol. The van der Waals surface area contributed by atoms with Crippen LogP contribution in [0.3, 0.4) is 0 Å². The summed E-state index contributed by atoms with van der Waals surface area (Å²) < 4.78 is 5.78. The maximum atomic E-state index is 13.2. The van der Waals surface area contributed by atoms with Crippen molar-refractivity contribution < 1.29 is 9.53 Å². The number of rotatable bonds is 11. The van der Waals surface area contributed by atoms with Gasteiger partial charge in [0.25, 0.3) is 0 Å². The van der Waals surface area contributed by atoms with Crippen LogP contribution in [-0.2, 0) is 4.79 Å². The lowest BCUT2D eigenvalue weighted by molar-refractivity contribution is -0.125. The van der Waals surface area contributed by atoms with Crippen LogP contribution in [0.4, 0.5) is 5.13 Å². The van der Waals surface area contributed by atoms with Crippen molar-refractivity contribution in [2.24, 2.45) is 11.3 Å². The molecule has 1 N–H and O–H groups in total. The van der Waals surface area contributed by atoms with Gasteiger partial charge in [-0.15, -0.1) is 10.2 Å². The number of carbonyl (C=O) groups is 1. The number of carbonyl (C=O) groups excluding carboxylic acids is 1. The lowest BCUT2D eigenvalue weighted by atomic mass is 9.70. The summed E-state index contributed by atoms with van der Waals surface area (Å²) in [7, 11) is 0. The zero-order valence-corrected chi connectivity index (χ0v) is 21.1. The average molecular weight is 466 g/mol. The third-order valence-electron chi connectivity index (χ3n) is 6.01. The highest BCUT2D eigenvalue weighted by Gasteiger charge is 2.38. The Labute approximate surface area is 201 Å². The van der Waals surface area contributed by atoms with E-state index in [4.69, 9.17) is 4.74 Å². The molecule has 0 spiro atoms. The molecule has 0 saturated carbocycles. The van der Waals surface area contributed by atoms with Gasteiger partial charge in [-0.1, -0.05) is 88.8 Å². The first kappa shape index (κ1) is 24.9. The molecule has 0 fully saturated rings. The van der Waals surface area contributed by atoms with E-state index in [9.17, 15) is 4.79 Å². The van der Waals surface area contributed by atoms with Gasteiger partial charge in [0, 0.05) is 0 Å². The predicted octanol–water partition coefficient (Wildman–Crippen LogP) is 7.18. The third-order valence-corrected chi connectivity index (χ3v) is 6.62. The molecular formula is C27H35N3O2S. The van der Waals surface area contributed by atoms with Gasteiger partial charge in [-0.3, -0.25) is 4.79 Å². The Morgan fingerprint density at radius 3 is 2.24 bits per heavy atom. The second-order valence-corrected chi connectivity index (χ2v) is 10.3. The molecule has 1 atom stereocenters. The molecule has 3 aromatic rings. The van der Waals surface area contributed by atoms with Gasteiger partial charge in [0.15, 0.2) is 0 Å². The summed E-state index contributed by atoms with van der Waals surface area (Å²) in [6.07, 6.45) is 3.11. The molecule has 0 aliphatic heterocycles. The van der Waals surface area contributed by atoms with Crippen LogP contribution in [0.15, 0.2) is 54.0 Å². The van der Waals surface area contributed by atoms with Crippen LogP contribution in [-0.4, -0.2) is 22.7 Å². The number of ether oxygens (including phenoxy) is 1. The maximum absolute atomic E-state index is 13.2. The van der Waals surface area contributed by atoms with Crippen molar-refractivity contribution in [3.8, 4) is 16.9 Å². The van der Waals surface area contributed by atoms with Gasteiger partial charge in [0.1, 0.15) is 11.3 Å². The van der Waals surface area contributed by atoms with Crippen LogP contribution in [0.2, 0.25) is 0 Å². The number of hydrogen-bond acceptors (Lipinski definition) is 5. The summed E-state index contributed by atoms with van der Waals surface area (Å²) in [5.41, 5.74) is 4.49. The first-order valence-electron chi connectivity index (χ1n) is 11.7. The zero-order chi connectivity index (χ0) is 23.8. The molecule has 0 bridgehead atoms. The summed E-state index contributed by atoms with van der Waals surface area (Å²) in [4.78, 5) is 13.2. The number of aromatic nitrogens is 2. The molecule has 1 unspecified atom stereocenters. The van der Waals surface area contributed by atoms with Crippen molar-refractivity contribution in [1.29, 1.82) is 0 Å². The van der Waals surface area contributed by atoms with Gasteiger partial charge in [-0.25, -0.2) is 0 Å². The maximum Gasteiger partial charge on any atom is 0.232 e. The standard InChI is InChI=1S/C27H35N3O2S/c1-6-7-16-32-23-14-12-21(13-15-23)20-8-10-22(11-9-20)24(17-19(2)3)27(4,5)25(31)29-26-30-28-18-33-26/h8-15,18-19,24H,6-7,16-17H2,1-5H3,(H,29,30,31). The van der Waals surface area contributed by atoms with Crippen molar-refractivity contribution >= 4 is 22.4 Å². The highest BCUT2D eigenvalue weighted by atomic mass is 32.1.